The number of fused-ring (bicyclic) bond motifs is 1. The third-order valence-electron chi connectivity index (χ3n) is 3.32. The second-order valence-electron chi connectivity index (χ2n) is 4.66. The predicted molar refractivity (Wildman–Crippen MR) is 85.6 cm³/mol. The molecule has 0 unspecified atom stereocenters. The summed E-state index contributed by atoms with van der Waals surface area (Å²) in [5.74, 6) is -0.0666. The number of aryl methyl sites for hydroxylation is 1. The van der Waals surface area contributed by atoms with Crippen molar-refractivity contribution in [2.45, 2.75) is 6.92 Å². The molecule has 1 aromatic heterocycles. The molecule has 20 heavy (non-hydrogen) atoms. The summed E-state index contributed by atoms with van der Waals surface area (Å²) in [6.07, 6.45) is 1.73. The molecule has 0 saturated heterocycles. The molecule has 0 bridgehead atoms. The van der Waals surface area contributed by atoms with Gasteiger partial charge in [0.1, 0.15) is 0 Å². The zero-order valence-electron chi connectivity index (χ0n) is 10.7. The molecule has 0 aliphatic rings. The zero-order chi connectivity index (χ0) is 14.3. The Labute approximate surface area is 129 Å². The van der Waals surface area contributed by atoms with Gasteiger partial charge < -0.3 is 4.98 Å². The average molecular weight is 349 g/mol. The lowest BCUT2D eigenvalue weighted by atomic mass is 10.0. The molecule has 0 saturated carbocycles. The number of nitrogens with one attached hydrogen (secondary N) is 1. The number of aromatic nitrogens is 1. The highest BCUT2D eigenvalue weighted by Gasteiger charge is 2.17. The number of hydrogen-bond acceptors (Lipinski definition) is 1. The molecular weight excluding hydrogens is 338 g/mol. The fourth-order valence-corrected chi connectivity index (χ4v) is 2.82. The maximum atomic E-state index is 12.7. The largest absolute Gasteiger partial charge is 0.360 e. The van der Waals surface area contributed by atoms with Crippen molar-refractivity contribution in [3.8, 4) is 0 Å². The molecule has 1 heterocycles. The molecule has 100 valence electrons. The van der Waals surface area contributed by atoms with Crippen LogP contribution in [0.3, 0.4) is 0 Å². The number of carbonyl (C=O) groups is 1. The predicted octanol–water partition coefficient (Wildman–Crippen LogP) is 5.12. The summed E-state index contributed by atoms with van der Waals surface area (Å²) < 4.78 is 0.939. The van der Waals surface area contributed by atoms with Gasteiger partial charge in [-0.3, -0.25) is 4.79 Å². The highest BCUT2D eigenvalue weighted by molar-refractivity contribution is 9.10. The minimum absolute atomic E-state index is 0.0666. The van der Waals surface area contributed by atoms with Crippen LogP contribution in [0.2, 0.25) is 5.02 Å². The third kappa shape index (κ3) is 2.17. The van der Waals surface area contributed by atoms with Crippen molar-refractivity contribution in [2.75, 3.05) is 0 Å². The summed E-state index contributed by atoms with van der Waals surface area (Å²) in [6, 6.07) is 11.3. The smallest absolute Gasteiger partial charge is 0.196 e. The van der Waals surface area contributed by atoms with Crippen LogP contribution in [0.15, 0.2) is 47.1 Å². The Hall–Kier alpha value is -1.58. The first-order valence-electron chi connectivity index (χ1n) is 6.14. The molecule has 0 spiro atoms. The first-order chi connectivity index (χ1) is 9.58. The highest BCUT2D eigenvalue weighted by atomic mass is 79.9. The normalized spacial score (nSPS) is 10.9. The van der Waals surface area contributed by atoms with Crippen LogP contribution >= 0.6 is 27.5 Å². The molecule has 0 fully saturated rings. The molecular formula is C16H11BrClNO. The van der Waals surface area contributed by atoms with Crippen molar-refractivity contribution in [2.24, 2.45) is 0 Å². The van der Waals surface area contributed by atoms with E-state index in [2.05, 4.69) is 20.9 Å². The molecule has 2 aromatic carbocycles. The van der Waals surface area contributed by atoms with Crippen LogP contribution in [-0.4, -0.2) is 10.8 Å². The van der Waals surface area contributed by atoms with Gasteiger partial charge in [0, 0.05) is 32.7 Å². The molecule has 0 aliphatic carbocycles. The van der Waals surface area contributed by atoms with Crippen molar-refractivity contribution in [1.82, 2.24) is 4.98 Å². The minimum atomic E-state index is -0.0666. The van der Waals surface area contributed by atoms with Crippen LogP contribution in [0.1, 0.15) is 21.5 Å². The topological polar surface area (TPSA) is 32.9 Å². The Kier molecular flexibility index (Phi) is 3.40. The summed E-state index contributed by atoms with van der Waals surface area (Å²) in [5.41, 5.74) is 3.00. The number of halogens is 2. The molecule has 4 heteroatoms. The maximum absolute atomic E-state index is 12.7. The van der Waals surface area contributed by atoms with Gasteiger partial charge in [0.05, 0.1) is 5.02 Å². The van der Waals surface area contributed by atoms with E-state index in [0.717, 1.165) is 20.9 Å². The van der Waals surface area contributed by atoms with Gasteiger partial charge in [-0.1, -0.05) is 39.7 Å². The van der Waals surface area contributed by atoms with E-state index in [9.17, 15) is 4.79 Å². The van der Waals surface area contributed by atoms with E-state index in [0.29, 0.717) is 16.1 Å². The fourth-order valence-electron chi connectivity index (χ4n) is 2.25. The van der Waals surface area contributed by atoms with Gasteiger partial charge in [-0.2, -0.15) is 0 Å². The van der Waals surface area contributed by atoms with Gasteiger partial charge in [-0.05, 0) is 36.8 Å². The summed E-state index contributed by atoms with van der Waals surface area (Å²) in [4.78, 5) is 15.8. The number of benzene rings is 2. The van der Waals surface area contributed by atoms with E-state index >= 15 is 0 Å². The number of rotatable bonds is 2. The maximum Gasteiger partial charge on any atom is 0.196 e. The van der Waals surface area contributed by atoms with E-state index in [1.165, 1.54) is 0 Å². The molecule has 0 atom stereocenters. The first-order valence-corrected chi connectivity index (χ1v) is 7.31. The van der Waals surface area contributed by atoms with E-state index in [1.54, 1.807) is 12.3 Å². The summed E-state index contributed by atoms with van der Waals surface area (Å²) in [7, 11) is 0. The summed E-state index contributed by atoms with van der Waals surface area (Å²) >= 11 is 9.68. The number of hydrogen-bond donors (Lipinski definition) is 1. The number of carbonyl (C=O) groups excluding carboxylic acids is 1. The molecule has 1 N–H and O–H groups in total. The van der Waals surface area contributed by atoms with Gasteiger partial charge in [0.25, 0.3) is 0 Å². The van der Waals surface area contributed by atoms with E-state index in [1.807, 2.05) is 37.3 Å². The Morgan fingerprint density at radius 1 is 1.20 bits per heavy atom. The number of aromatic amines is 1. The van der Waals surface area contributed by atoms with Gasteiger partial charge in [0.15, 0.2) is 5.78 Å². The standard InChI is InChI=1S/C16H11BrClNO/c1-9-3-2-4-11(15(9)18)16(20)13-8-19-14-6-5-10(17)7-12(13)14/h2-8,19H,1H3. The van der Waals surface area contributed by atoms with Crippen molar-refractivity contribution in [1.29, 1.82) is 0 Å². The van der Waals surface area contributed by atoms with Gasteiger partial charge in [-0.15, -0.1) is 0 Å². The van der Waals surface area contributed by atoms with Crippen molar-refractivity contribution < 1.29 is 4.79 Å². The van der Waals surface area contributed by atoms with Crippen molar-refractivity contribution in [3.05, 3.63) is 68.8 Å². The molecule has 0 radical (unpaired) electrons. The Bertz CT molecular complexity index is 822. The van der Waals surface area contributed by atoms with Crippen molar-refractivity contribution in [3.63, 3.8) is 0 Å². The Morgan fingerprint density at radius 2 is 2.00 bits per heavy atom. The Balaban J connectivity index is 2.18. The first kappa shape index (κ1) is 13.4. The lowest BCUT2D eigenvalue weighted by molar-refractivity contribution is 0.104. The lowest BCUT2D eigenvalue weighted by Gasteiger charge is -2.05. The lowest BCUT2D eigenvalue weighted by Crippen LogP contribution is -2.02. The highest BCUT2D eigenvalue weighted by Crippen LogP contribution is 2.28. The number of H-pyrrole nitrogens is 1. The van der Waals surface area contributed by atoms with Gasteiger partial charge >= 0.3 is 0 Å². The van der Waals surface area contributed by atoms with Crippen molar-refractivity contribution >= 4 is 44.2 Å². The Morgan fingerprint density at radius 3 is 2.80 bits per heavy atom. The van der Waals surface area contributed by atoms with Crippen LogP contribution < -0.4 is 0 Å². The zero-order valence-corrected chi connectivity index (χ0v) is 13.0. The van der Waals surface area contributed by atoms with Crippen LogP contribution in [-0.2, 0) is 0 Å². The third-order valence-corrected chi connectivity index (χ3v) is 4.32. The quantitative estimate of drug-likeness (QED) is 0.640. The molecule has 2 nitrogen and oxygen atoms in total. The fraction of sp³-hybridized carbons (Fsp3) is 0.0625. The average Bonchev–Trinajstić information content (AvgIpc) is 2.84. The van der Waals surface area contributed by atoms with Crippen LogP contribution in [0.4, 0.5) is 0 Å². The van der Waals surface area contributed by atoms with E-state index < -0.39 is 0 Å². The molecule has 3 aromatic rings. The summed E-state index contributed by atoms with van der Waals surface area (Å²) in [5, 5.41) is 1.41. The molecule has 0 amide bonds. The second-order valence-corrected chi connectivity index (χ2v) is 5.95. The SMILES string of the molecule is Cc1cccc(C(=O)c2c[nH]c3ccc(Br)cc23)c1Cl. The minimum Gasteiger partial charge on any atom is -0.360 e. The van der Waals surface area contributed by atoms with E-state index in [4.69, 9.17) is 11.6 Å². The monoisotopic (exact) mass is 347 g/mol. The molecule has 3 rings (SSSR count). The van der Waals surface area contributed by atoms with Crippen LogP contribution in [0.25, 0.3) is 10.9 Å². The molecule has 0 aliphatic heterocycles. The van der Waals surface area contributed by atoms with Crippen LogP contribution in [0, 0.1) is 6.92 Å². The van der Waals surface area contributed by atoms with Gasteiger partial charge in [-0.25, -0.2) is 0 Å². The van der Waals surface area contributed by atoms with Crippen LogP contribution in [0.5, 0.6) is 0 Å². The van der Waals surface area contributed by atoms with Gasteiger partial charge in [0.2, 0.25) is 0 Å². The second kappa shape index (κ2) is 5.08. The summed E-state index contributed by atoms with van der Waals surface area (Å²) in [6.45, 7) is 1.89. The van der Waals surface area contributed by atoms with E-state index in [-0.39, 0.29) is 5.78 Å². The number of ketones is 1.